The van der Waals surface area contributed by atoms with Gasteiger partial charge < -0.3 is 15.4 Å². The number of thiocarbonyl (C=S) groups is 1. The van der Waals surface area contributed by atoms with Crippen LogP contribution in [0, 0.1) is 0 Å². The molecule has 0 aliphatic rings. The van der Waals surface area contributed by atoms with Gasteiger partial charge in [-0.15, -0.1) is 0 Å². The highest BCUT2D eigenvalue weighted by Gasteiger charge is 2.09. The average Bonchev–Trinajstić information content (AvgIpc) is 2.48. The van der Waals surface area contributed by atoms with Crippen LogP contribution < -0.4 is 15.4 Å². The first-order chi connectivity index (χ1) is 9.70. The molecule has 0 radical (unpaired) electrons. The molecule has 2 N–H and O–H groups in total. The van der Waals surface area contributed by atoms with Gasteiger partial charge in [-0.05, 0) is 36.8 Å². The van der Waals surface area contributed by atoms with Crippen molar-refractivity contribution in [2.75, 3.05) is 12.4 Å². The van der Waals surface area contributed by atoms with Crippen LogP contribution in [0.1, 0.15) is 18.5 Å². The Balaban J connectivity index is 1.99. The average molecular weight is 287 g/mol. The zero-order chi connectivity index (χ0) is 14.4. The predicted molar refractivity (Wildman–Crippen MR) is 85.0 cm³/mol. The van der Waals surface area contributed by atoms with Crippen LogP contribution in [0.4, 0.5) is 5.82 Å². The van der Waals surface area contributed by atoms with E-state index < -0.39 is 0 Å². The maximum absolute atomic E-state index is 5.30. The van der Waals surface area contributed by atoms with Crippen molar-refractivity contribution in [1.29, 1.82) is 0 Å². The number of nitrogens with zero attached hydrogens (tertiary/aromatic N) is 1. The molecule has 0 bridgehead atoms. The molecule has 0 spiro atoms. The summed E-state index contributed by atoms with van der Waals surface area (Å²) in [4.78, 5) is 4.21. The smallest absolute Gasteiger partial charge is 0.174 e. The van der Waals surface area contributed by atoms with Crippen LogP contribution in [0.15, 0.2) is 48.7 Å². The normalized spacial score (nSPS) is 11.5. The minimum atomic E-state index is 0.117. The van der Waals surface area contributed by atoms with E-state index in [1.165, 1.54) is 5.56 Å². The molecule has 1 aromatic heterocycles. The maximum Gasteiger partial charge on any atom is 0.174 e. The summed E-state index contributed by atoms with van der Waals surface area (Å²) >= 11 is 5.30. The fraction of sp³-hybridized carbons (Fsp3) is 0.200. The molecule has 4 nitrogen and oxygen atoms in total. The molecule has 2 rings (SSSR count). The largest absolute Gasteiger partial charge is 0.493 e. The Morgan fingerprint density at radius 3 is 2.65 bits per heavy atom. The van der Waals surface area contributed by atoms with Crippen molar-refractivity contribution in [3.63, 3.8) is 0 Å². The van der Waals surface area contributed by atoms with Gasteiger partial charge in [0.05, 0.1) is 13.2 Å². The van der Waals surface area contributed by atoms with E-state index in [0.29, 0.717) is 16.7 Å². The lowest BCUT2D eigenvalue weighted by Gasteiger charge is -2.17. The third-order valence-electron chi connectivity index (χ3n) is 2.87. The number of anilines is 1. The number of ether oxygens (including phenoxy) is 1. The summed E-state index contributed by atoms with van der Waals surface area (Å²) in [5.74, 6) is 1.26. The summed E-state index contributed by atoms with van der Waals surface area (Å²) in [6.07, 6.45) is 1.69. The van der Waals surface area contributed by atoms with Crippen LogP contribution in [-0.2, 0) is 0 Å². The number of nitrogens with one attached hydrogen (secondary N) is 2. The van der Waals surface area contributed by atoms with Gasteiger partial charge in [-0.25, -0.2) is 4.98 Å². The standard InChI is InChI=1S/C15H17N3OS/c1-11(12-7-4-3-5-8-12)17-15(20)18-14-13(19-2)9-6-10-16-14/h3-11H,1-2H3,(H2,16,17,18,20)/t11-/m1/s1. The van der Waals surface area contributed by atoms with Crippen LogP contribution >= 0.6 is 12.2 Å². The minimum Gasteiger partial charge on any atom is -0.493 e. The summed E-state index contributed by atoms with van der Waals surface area (Å²) in [7, 11) is 1.60. The molecular weight excluding hydrogens is 270 g/mol. The molecule has 1 atom stereocenters. The van der Waals surface area contributed by atoms with Gasteiger partial charge in [0.2, 0.25) is 0 Å². The lowest BCUT2D eigenvalue weighted by Crippen LogP contribution is -2.31. The fourth-order valence-electron chi connectivity index (χ4n) is 1.81. The van der Waals surface area contributed by atoms with Gasteiger partial charge in [0.15, 0.2) is 16.7 Å². The molecule has 5 heteroatoms. The van der Waals surface area contributed by atoms with Crippen LogP contribution in [0.3, 0.4) is 0 Å². The first-order valence-electron chi connectivity index (χ1n) is 6.32. The topological polar surface area (TPSA) is 46.2 Å². The summed E-state index contributed by atoms with van der Waals surface area (Å²) in [6, 6.07) is 13.9. The van der Waals surface area contributed by atoms with Crippen molar-refractivity contribution in [3.05, 3.63) is 54.2 Å². The molecular formula is C15H17N3OS. The molecule has 0 aliphatic carbocycles. The second-order valence-electron chi connectivity index (χ2n) is 4.29. The molecule has 20 heavy (non-hydrogen) atoms. The zero-order valence-electron chi connectivity index (χ0n) is 11.5. The fourth-order valence-corrected chi connectivity index (χ4v) is 2.09. The van der Waals surface area contributed by atoms with Crippen molar-refractivity contribution in [3.8, 4) is 5.75 Å². The molecule has 2 aromatic rings. The lowest BCUT2D eigenvalue weighted by atomic mass is 10.1. The van der Waals surface area contributed by atoms with E-state index in [1.807, 2.05) is 30.3 Å². The SMILES string of the molecule is COc1cccnc1NC(=S)N[C@H](C)c1ccccc1. The van der Waals surface area contributed by atoms with Crippen molar-refractivity contribution in [2.45, 2.75) is 13.0 Å². The van der Waals surface area contributed by atoms with Gasteiger partial charge in [-0.1, -0.05) is 30.3 Å². The highest BCUT2D eigenvalue weighted by molar-refractivity contribution is 7.80. The van der Waals surface area contributed by atoms with Gasteiger partial charge in [0.25, 0.3) is 0 Å². The van der Waals surface area contributed by atoms with Crippen molar-refractivity contribution >= 4 is 23.1 Å². The second kappa shape index (κ2) is 6.86. The van der Waals surface area contributed by atoms with E-state index in [1.54, 1.807) is 13.3 Å². The van der Waals surface area contributed by atoms with Crippen LogP contribution in [0.2, 0.25) is 0 Å². The van der Waals surface area contributed by atoms with Crippen molar-refractivity contribution in [2.24, 2.45) is 0 Å². The number of benzene rings is 1. The van der Waals surface area contributed by atoms with E-state index in [-0.39, 0.29) is 6.04 Å². The molecule has 0 fully saturated rings. The van der Waals surface area contributed by atoms with Gasteiger partial charge in [-0.3, -0.25) is 0 Å². The number of rotatable bonds is 4. The van der Waals surface area contributed by atoms with Crippen LogP contribution in [0.5, 0.6) is 5.75 Å². The van der Waals surface area contributed by atoms with Gasteiger partial charge in [-0.2, -0.15) is 0 Å². The van der Waals surface area contributed by atoms with Gasteiger partial charge >= 0.3 is 0 Å². The summed E-state index contributed by atoms with van der Waals surface area (Å²) in [6.45, 7) is 2.05. The zero-order valence-corrected chi connectivity index (χ0v) is 12.3. The van der Waals surface area contributed by atoms with Gasteiger partial charge in [0, 0.05) is 6.20 Å². The Morgan fingerprint density at radius 1 is 1.20 bits per heavy atom. The third-order valence-corrected chi connectivity index (χ3v) is 3.09. The molecule has 0 aliphatic heterocycles. The first kappa shape index (κ1) is 14.3. The van der Waals surface area contributed by atoms with Crippen molar-refractivity contribution < 1.29 is 4.74 Å². The Kier molecular flexibility index (Phi) is 4.90. The van der Waals surface area contributed by atoms with E-state index in [2.05, 4.69) is 34.7 Å². The predicted octanol–water partition coefficient (Wildman–Crippen LogP) is 3.14. The molecule has 104 valence electrons. The van der Waals surface area contributed by atoms with Gasteiger partial charge in [0.1, 0.15) is 0 Å². The van der Waals surface area contributed by atoms with Crippen molar-refractivity contribution in [1.82, 2.24) is 10.3 Å². The molecule has 0 amide bonds. The third kappa shape index (κ3) is 3.68. The highest BCUT2D eigenvalue weighted by atomic mass is 32.1. The number of pyridine rings is 1. The summed E-state index contributed by atoms with van der Waals surface area (Å²) in [5.41, 5.74) is 1.17. The quantitative estimate of drug-likeness (QED) is 0.846. The molecule has 0 saturated carbocycles. The van der Waals surface area contributed by atoms with E-state index in [4.69, 9.17) is 17.0 Å². The number of hydrogen-bond donors (Lipinski definition) is 2. The Morgan fingerprint density at radius 2 is 1.95 bits per heavy atom. The first-order valence-corrected chi connectivity index (χ1v) is 6.73. The number of methoxy groups -OCH3 is 1. The van der Waals surface area contributed by atoms with Crippen LogP contribution in [0.25, 0.3) is 0 Å². The Hall–Kier alpha value is -2.14. The summed E-state index contributed by atoms with van der Waals surface area (Å²) in [5, 5.41) is 6.78. The van der Waals surface area contributed by atoms with Crippen LogP contribution in [-0.4, -0.2) is 17.2 Å². The maximum atomic E-state index is 5.30. The minimum absolute atomic E-state index is 0.117. The molecule has 1 aromatic carbocycles. The number of aromatic nitrogens is 1. The Bertz CT molecular complexity index is 574. The highest BCUT2D eigenvalue weighted by Crippen LogP contribution is 2.20. The van der Waals surface area contributed by atoms with E-state index in [9.17, 15) is 0 Å². The Labute approximate surface area is 124 Å². The summed E-state index contributed by atoms with van der Waals surface area (Å²) < 4.78 is 5.22. The lowest BCUT2D eigenvalue weighted by molar-refractivity contribution is 0.415. The molecule has 0 unspecified atom stereocenters. The van der Waals surface area contributed by atoms with E-state index >= 15 is 0 Å². The molecule has 1 heterocycles. The second-order valence-corrected chi connectivity index (χ2v) is 4.69. The van der Waals surface area contributed by atoms with E-state index in [0.717, 1.165) is 0 Å². The number of hydrogen-bond acceptors (Lipinski definition) is 3. The molecule has 0 saturated heterocycles. The monoisotopic (exact) mass is 287 g/mol.